The fourth-order valence-corrected chi connectivity index (χ4v) is 4.04. The van der Waals surface area contributed by atoms with E-state index in [1.54, 1.807) is 11.8 Å². The molecule has 3 atom stereocenters. The lowest BCUT2D eigenvalue weighted by molar-refractivity contribution is -0.140. The molecule has 0 saturated heterocycles. The predicted octanol–water partition coefficient (Wildman–Crippen LogP) is 1.18. The molecular formula is C26H40N4O6S. The number of esters is 1. The Morgan fingerprint density at radius 2 is 1.51 bits per heavy atom. The van der Waals surface area contributed by atoms with E-state index in [4.69, 9.17) is 0 Å². The van der Waals surface area contributed by atoms with Gasteiger partial charge in [0.25, 0.3) is 0 Å². The van der Waals surface area contributed by atoms with Crippen LogP contribution in [0.25, 0.3) is 0 Å². The van der Waals surface area contributed by atoms with E-state index < -0.39 is 41.8 Å². The van der Waals surface area contributed by atoms with E-state index in [1.165, 1.54) is 14.0 Å². The normalized spacial score (nSPS) is 13.1. The molecule has 4 amide bonds. The summed E-state index contributed by atoms with van der Waals surface area (Å²) < 4.78 is 4.60. The molecule has 10 nitrogen and oxygen atoms in total. The number of hydrogen-bond acceptors (Lipinski definition) is 7. The zero-order chi connectivity index (χ0) is 27.8. The highest BCUT2D eigenvalue weighted by molar-refractivity contribution is 7.98. The second-order valence-corrected chi connectivity index (χ2v) is 10.1. The smallest absolute Gasteiger partial charge is 0.307 e. The number of hydrogen-bond donors (Lipinski definition) is 4. The number of amides is 4. The molecule has 0 fully saturated rings. The molecule has 37 heavy (non-hydrogen) atoms. The van der Waals surface area contributed by atoms with Crippen molar-refractivity contribution < 1.29 is 28.7 Å². The van der Waals surface area contributed by atoms with Gasteiger partial charge in [-0.05, 0) is 36.3 Å². The van der Waals surface area contributed by atoms with E-state index in [1.807, 2.05) is 50.4 Å². The lowest BCUT2D eigenvalue weighted by atomic mass is 10.0. The quantitative estimate of drug-likeness (QED) is 0.232. The van der Waals surface area contributed by atoms with Gasteiger partial charge < -0.3 is 26.0 Å². The van der Waals surface area contributed by atoms with Crippen molar-refractivity contribution in [2.45, 2.75) is 64.6 Å². The largest absolute Gasteiger partial charge is 0.469 e. The van der Waals surface area contributed by atoms with Crippen LogP contribution < -0.4 is 21.3 Å². The summed E-state index contributed by atoms with van der Waals surface area (Å²) in [5.41, 5.74) is 0.836. The van der Waals surface area contributed by atoms with Gasteiger partial charge >= 0.3 is 5.97 Å². The van der Waals surface area contributed by atoms with Gasteiger partial charge in [0.05, 0.1) is 13.5 Å². The molecule has 1 aromatic carbocycles. The van der Waals surface area contributed by atoms with Crippen LogP contribution in [0.5, 0.6) is 0 Å². The first-order chi connectivity index (χ1) is 17.6. The maximum absolute atomic E-state index is 13.3. The van der Waals surface area contributed by atoms with E-state index in [-0.39, 0.29) is 31.2 Å². The maximum atomic E-state index is 13.3. The number of carbonyl (C=O) groups is 5. The van der Waals surface area contributed by atoms with Crippen LogP contribution in [0.4, 0.5) is 0 Å². The summed E-state index contributed by atoms with van der Waals surface area (Å²) in [6.45, 7) is 5.25. The average Bonchev–Trinajstić information content (AvgIpc) is 2.85. The predicted molar refractivity (Wildman–Crippen MR) is 144 cm³/mol. The third-order valence-corrected chi connectivity index (χ3v) is 6.06. The van der Waals surface area contributed by atoms with E-state index >= 15 is 0 Å². The van der Waals surface area contributed by atoms with Gasteiger partial charge in [-0.2, -0.15) is 11.8 Å². The molecule has 1 rings (SSSR count). The molecule has 0 aliphatic carbocycles. The Bertz CT molecular complexity index is 896. The third-order valence-electron chi connectivity index (χ3n) is 5.42. The Labute approximate surface area is 223 Å². The Morgan fingerprint density at radius 1 is 0.892 bits per heavy atom. The fraction of sp³-hybridized carbons (Fsp3) is 0.577. The summed E-state index contributed by atoms with van der Waals surface area (Å²) in [6.07, 6.45) is 2.89. The molecule has 11 heteroatoms. The number of thioether (sulfide) groups is 1. The van der Waals surface area contributed by atoms with Crippen molar-refractivity contribution in [3.8, 4) is 0 Å². The summed E-state index contributed by atoms with van der Waals surface area (Å²) in [4.78, 5) is 62.3. The Hall–Kier alpha value is -3.08. The molecule has 206 valence electrons. The van der Waals surface area contributed by atoms with Crippen LogP contribution in [0.3, 0.4) is 0 Å². The summed E-state index contributed by atoms with van der Waals surface area (Å²) in [5.74, 6) is -1.47. The number of nitrogens with one attached hydrogen (secondary N) is 4. The third kappa shape index (κ3) is 13.2. The molecule has 0 aliphatic heterocycles. The highest BCUT2D eigenvalue weighted by atomic mass is 32.2. The highest BCUT2D eigenvalue weighted by Crippen LogP contribution is 2.09. The van der Waals surface area contributed by atoms with Crippen LogP contribution in [0, 0.1) is 5.92 Å². The Morgan fingerprint density at radius 3 is 2.08 bits per heavy atom. The molecule has 0 spiro atoms. The van der Waals surface area contributed by atoms with Gasteiger partial charge in [-0.15, -0.1) is 0 Å². The minimum atomic E-state index is -0.929. The summed E-state index contributed by atoms with van der Waals surface area (Å²) in [6, 6.07) is 6.61. The fourth-order valence-electron chi connectivity index (χ4n) is 3.57. The zero-order valence-electron chi connectivity index (χ0n) is 22.3. The summed E-state index contributed by atoms with van der Waals surface area (Å²) in [5, 5.41) is 10.9. The molecule has 1 aromatic rings. The maximum Gasteiger partial charge on any atom is 0.307 e. The van der Waals surface area contributed by atoms with Crippen LogP contribution in [-0.2, 0) is 35.1 Å². The van der Waals surface area contributed by atoms with E-state index in [0.29, 0.717) is 18.6 Å². The SMILES string of the molecule is COC(=O)CCNC(=O)C(Cc1ccccc1)NC(=O)C(CC(C)C)NC(=O)C(CCSC)NC(C)=O. The molecule has 0 saturated carbocycles. The topological polar surface area (TPSA) is 143 Å². The van der Waals surface area contributed by atoms with Gasteiger partial charge in [0.15, 0.2) is 0 Å². The van der Waals surface area contributed by atoms with Crippen molar-refractivity contribution >= 4 is 41.4 Å². The minimum Gasteiger partial charge on any atom is -0.469 e. The number of rotatable bonds is 16. The summed E-state index contributed by atoms with van der Waals surface area (Å²) in [7, 11) is 1.27. The van der Waals surface area contributed by atoms with Gasteiger partial charge in [-0.25, -0.2) is 0 Å². The van der Waals surface area contributed by atoms with Crippen molar-refractivity contribution in [2.75, 3.05) is 25.7 Å². The van der Waals surface area contributed by atoms with E-state index in [2.05, 4.69) is 26.0 Å². The number of benzene rings is 1. The monoisotopic (exact) mass is 536 g/mol. The minimum absolute atomic E-state index is 0.000851. The number of carbonyl (C=O) groups excluding carboxylic acids is 5. The van der Waals surface area contributed by atoms with Crippen LogP contribution in [0.1, 0.15) is 45.6 Å². The molecule has 4 N–H and O–H groups in total. The van der Waals surface area contributed by atoms with E-state index in [0.717, 1.165) is 5.56 Å². The first-order valence-corrected chi connectivity index (χ1v) is 13.7. The molecule has 0 aromatic heterocycles. The average molecular weight is 537 g/mol. The molecular weight excluding hydrogens is 496 g/mol. The van der Waals surface area contributed by atoms with Crippen molar-refractivity contribution in [3.63, 3.8) is 0 Å². The zero-order valence-corrected chi connectivity index (χ0v) is 23.1. The van der Waals surface area contributed by atoms with E-state index in [9.17, 15) is 24.0 Å². The number of ether oxygens (including phenoxy) is 1. The van der Waals surface area contributed by atoms with Gasteiger partial charge in [0, 0.05) is 19.9 Å². The standard InChI is InChI=1S/C26H40N4O6S/c1-17(2)15-21(29-25(34)20(12-14-37-5)28-18(3)31)26(35)30-22(16-19-9-7-6-8-10-19)24(33)27-13-11-23(32)36-4/h6-10,17,20-22H,11-16H2,1-5H3,(H,27,33)(H,28,31)(H,29,34)(H,30,35). The molecule has 3 unspecified atom stereocenters. The van der Waals surface area contributed by atoms with Gasteiger partial charge in [0.1, 0.15) is 18.1 Å². The second kappa shape index (κ2) is 17.4. The van der Waals surface area contributed by atoms with Crippen molar-refractivity contribution in [1.82, 2.24) is 21.3 Å². The molecule has 0 bridgehead atoms. The molecule has 0 radical (unpaired) electrons. The van der Waals surface area contributed by atoms with Crippen molar-refractivity contribution in [2.24, 2.45) is 5.92 Å². The van der Waals surface area contributed by atoms with Crippen LogP contribution in [0.15, 0.2) is 30.3 Å². The highest BCUT2D eigenvalue weighted by Gasteiger charge is 2.30. The van der Waals surface area contributed by atoms with Gasteiger partial charge in [-0.1, -0.05) is 44.2 Å². The first-order valence-electron chi connectivity index (χ1n) is 12.3. The van der Waals surface area contributed by atoms with Crippen molar-refractivity contribution in [3.05, 3.63) is 35.9 Å². The van der Waals surface area contributed by atoms with Crippen molar-refractivity contribution in [1.29, 1.82) is 0 Å². The number of methoxy groups -OCH3 is 1. The molecule has 0 aliphatic rings. The van der Waals surface area contributed by atoms with Gasteiger partial charge in [-0.3, -0.25) is 24.0 Å². The lowest BCUT2D eigenvalue weighted by Gasteiger charge is -2.26. The second-order valence-electron chi connectivity index (χ2n) is 9.09. The first kappa shape index (κ1) is 31.9. The Balaban J connectivity index is 3.03. The van der Waals surface area contributed by atoms with Crippen LogP contribution in [-0.4, -0.2) is 73.4 Å². The van der Waals surface area contributed by atoms with Gasteiger partial charge in [0.2, 0.25) is 23.6 Å². The van der Waals surface area contributed by atoms with Crippen LogP contribution in [0.2, 0.25) is 0 Å². The lowest BCUT2D eigenvalue weighted by Crippen LogP contribution is -2.57. The molecule has 0 heterocycles. The van der Waals surface area contributed by atoms with Crippen LogP contribution >= 0.6 is 11.8 Å². The Kier molecular flexibility index (Phi) is 15.0. The summed E-state index contributed by atoms with van der Waals surface area (Å²) >= 11 is 1.55.